The van der Waals surface area contributed by atoms with E-state index < -0.39 is 0 Å². The summed E-state index contributed by atoms with van der Waals surface area (Å²) in [6, 6.07) is 17.9. The second-order valence-electron chi connectivity index (χ2n) is 4.99. The van der Waals surface area contributed by atoms with E-state index in [-0.39, 0.29) is 5.91 Å². The molecule has 0 aliphatic carbocycles. The lowest BCUT2D eigenvalue weighted by Gasteiger charge is -2.11. The van der Waals surface area contributed by atoms with Crippen LogP contribution in [0.5, 0.6) is 0 Å². The smallest absolute Gasteiger partial charge is 0.256 e. The molecule has 5 heteroatoms. The van der Waals surface area contributed by atoms with Gasteiger partial charge in [0, 0.05) is 0 Å². The third kappa shape index (κ3) is 3.70. The van der Waals surface area contributed by atoms with Gasteiger partial charge in [0.15, 0.2) is 0 Å². The Morgan fingerprint density at radius 1 is 0.917 bits per heavy atom. The standard InChI is InChI=1S/C19H13Cl2NO2/c20-16-9-4-10-17(21)18(16)22-19(23)15(12-14-8-5-11-24-14)13-6-2-1-3-7-13/h1-12H,(H,22,23)/b15-12+. The van der Waals surface area contributed by atoms with E-state index >= 15 is 0 Å². The molecule has 0 unspecified atom stereocenters. The van der Waals surface area contributed by atoms with E-state index in [4.69, 9.17) is 27.6 Å². The highest BCUT2D eigenvalue weighted by atomic mass is 35.5. The van der Waals surface area contributed by atoms with Crippen molar-refractivity contribution in [2.75, 3.05) is 5.32 Å². The zero-order valence-corrected chi connectivity index (χ0v) is 14.0. The van der Waals surface area contributed by atoms with Crippen molar-refractivity contribution < 1.29 is 9.21 Å². The number of benzene rings is 2. The van der Waals surface area contributed by atoms with Crippen LogP contribution in [0.4, 0.5) is 5.69 Å². The topological polar surface area (TPSA) is 42.2 Å². The first kappa shape index (κ1) is 16.4. The third-order valence-electron chi connectivity index (χ3n) is 3.36. The SMILES string of the molecule is O=C(Nc1c(Cl)cccc1Cl)/C(=C/c1ccco1)c1ccccc1. The van der Waals surface area contributed by atoms with Crippen LogP contribution in [0, 0.1) is 0 Å². The minimum atomic E-state index is -0.326. The van der Waals surface area contributed by atoms with Gasteiger partial charge in [0.2, 0.25) is 0 Å². The zero-order chi connectivity index (χ0) is 16.9. The summed E-state index contributed by atoms with van der Waals surface area (Å²) in [6.07, 6.45) is 3.23. The highest BCUT2D eigenvalue weighted by molar-refractivity contribution is 6.41. The lowest BCUT2D eigenvalue weighted by Crippen LogP contribution is -2.14. The molecule has 1 heterocycles. The second kappa shape index (κ2) is 7.39. The Morgan fingerprint density at radius 3 is 2.25 bits per heavy atom. The molecule has 0 aliphatic rings. The van der Waals surface area contributed by atoms with Crippen LogP contribution in [0.3, 0.4) is 0 Å². The number of rotatable bonds is 4. The molecule has 0 aliphatic heterocycles. The number of carbonyl (C=O) groups excluding carboxylic acids is 1. The number of hydrogen-bond acceptors (Lipinski definition) is 2. The average Bonchev–Trinajstić information content (AvgIpc) is 3.10. The highest BCUT2D eigenvalue weighted by Crippen LogP contribution is 2.31. The van der Waals surface area contributed by atoms with Gasteiger partial charge in [0.05, 0.1) is 27.6 Å². The normalized spacial score (nSPS) is 11.3. The van der Waals surface area contributed by atoms with E-state index in [1.165, 1.54) is 0 Å². The molecule has 3 nitrogen and oxygen atoms in total. The van der Waals surface area contributed by atoms with E-state index in [0.717, 1.165) is 5.56 Å². The molecule has 0 saturated heterocycles. The fourth-order valence-electron chi connectivity index (χ4n) is 2.21. The number of carbonyl (C=O) groups is 1. The Bertz CT molecular complexity index is 851. The molecule has 1 N–H and O–H groups in total. The monoisotopic (exact) mass is 357 g/mol. The van der Waals surface area contributed by atoms with Crippen molar-refractivity contribution in [3.63, 3.8) is 0 Å². The number of para-hydroxylation sites is 1. The molecule has 3 aromatic rings. The lowest BCUT2D eigenvalue weighted by atomic mass is 10.0. The van der Waals surface area contributed by atoms with Crippen LogP contribution in [0.15, 0.2) is 71.3 Å². The van der Waals surface area contributed by atoms with Crippen LogP contribution in [0.1, 0.15) is 11.3 Å². The average molecular weight is 358 g/mol. The molecule has 1 aromatic heterocycles. The van der Waals surface area contributed by atoms with Gasteiger partial charge in [-0.1, -0.05) is 59.6 Å². The van der Waals surface area contributed by atoms with Gasteiger partial charge in [0.25, 0.3) is 5.91 Å². The number of anilines is 1. The van der Waals surface area contributed by atoms with Crippen molar-refractivity contribution in [2.45, 2.75) is 0 Å². The molecule has 120 valence electrons. The fraction of sp³-hybridized carbons (Fsp3) is 0. The summed E-state index contributed by atoms with van der Waals surface area (Å²) >= 11 is 12.3. The van der Waals surface area contributed by atoms with Gasteiger partial charge in [-0.2, -0.15) is 0 Å². The Labute approximate surface area is 149 Å². The van der Waals surface area contributed by atoms with Crippen LogP contribution in [0.2, 0.25) is 10.0 Å². The maximum Gasteiger partial charge on any atom is 0.256 e. The quantitative estimate of drug-likeness (QED) is 0.602. The number of hydrogen-bond donors (Lipinski definition) is 1. The number of amides is 1. The van der Waals surface area contributed by atoms with Crippen LogP contribution in [0.25, 0.3) is 11.6 Å². The minimum absolute atomic E-state index is 0.326. The number of furan rings is 1. The molecular weight excluding hydrogens is 345 g/mol. The first-order chi connectivity index (χ1) is 11.6. The second-order valence-corrected chi connectivity index (χ2v) is 5.80. The van der Waals surface area contributed by atoms with E-state index in [1.807, 2.05) is 30.3 Å². The number of nitrogens with one attached hydrogen (secondary N) is 1. The molecule has 0 saturated carbocycles. The van der Waals surface area contributed by atoms with Gasteiger partial charge >= 0.3 is 0 Å². The van der Waals surface area contributed by atoms with Gasteiger partial charge in [-0.3, -0.25) is 4.79 Å². The van der Waals surface area contributed by atoms with Crippen molar-refractivity contribution >= 4 is 46.4 Å². The molecule has 0 atom stereocenters. The Hall–Kier alpha value is -2.49. The number of halogens is 2. The molecule has 0 fully saturated rings. The highest BCUT2D eigenvalue weighted by Gasteiger charge is 2.16. The van der Waals surface area contributed by atoms with Gasteiger partial charge < -0.3 is 9.73 Å². The summed E-state index contributed by atoms with van der Waals surface area (Å²) in [6.45, 7) is 0. The van der Waals surface area contributed by atoms with E-state index in [0.29, 0.717) is 27.1 Å². The fourth-order valence-corrected chi connectivity index (χ4v) is 2.70. The Morgan fingerprint density at radius 2 is 1.62 bits per heavy atom. The van der Waals surface area contributed by atoms with Crippen molar-refractivity contribution in [1.29, 1.82) is 0 Å². The summed E-state index contributed by atoms with van der Waals surface area (Å²) in [7, 11) is 0. The summed E-state index contributed by atoms with van der Waals surface area (Å²) in [5.74, 6) is 0.252. The predicted octanol–water partition coefficient (Wildman–Crippen LogP) is 5.77. The maximum absolute atomic E-state index is 12.8. The molecule has 1 amide bonds. The van der Waals surface area contributed by atoms with Crippen molar-refractivity contribution in [2.24, 2.45) is 0 Å². The minimum Gasteiger partial charge on any atom is -0.465 e. The summed E-state index contributed by atoms with van der Waals surface area (Å²) < 4.78 is 5.32. The van der Waals surface area contributed by atoms with Crippen molar-refractivity contribution in [3.05, 3.63) is 88.3 Å². The zero-order valence-electron chi connectivity index (χ0n) is 12.5. The van der Waals surface area contributed by atoms with Gasteiger partial charge in [-0.25, -0.2) is 0 Å². The van der Waals surface area contributed by atoms with Gasteiger partial charge in [-0.05, 0) is 35.9 Å². The first-order valence-corrected chi connectivity index (χ1v) is 7.97. The Kier molecular flexibility index (Phi) is 5.04. The molecule has 24 heavy (non-hydrogen) atoms. The van der Waals surface area contributed by atoms with Crippen molar-refractivity contribution in [3.8, 4) is 0 Å². The molecule has 0 radical (unpaired) electrons. The third-order valence-corrected chi connectivity index (χ3v) is 3.99. The van der Waals surface area contributed by atoms with Gasteiger partial charge in [-0.15, -0.1) is 0 Å². The Balaban J connectivity index is 1.98. The molecule has 3 rings (SSSR count). The van der Waals surface area contributed by atoms with Crippen LogP contribution < -0.4 is 5.32 Å². The summed E-state index contributed by atoms with van der Waals surface area (Å²) in [4.78, 5) is 12.8. The van der Waals surface area contributed by atoms with Crippen LogP contribution in [-0.4, -0.2) is 5.91 Å². The van der Waals surface area contributed by atoms with E-state index in [1.54, 1.807) is 42.7 Å². The van der Waals surface area contributed by atoms with Crippen LogP contribution in [-0.2, 0) is 4.79 Å². The first-order valence-electron chi connectivity index (χ1n) is 7.21. The van der Waals surface area contributed by atoms with E-state index in [9.17, 15) is 4.79 Å². The largest absolute Gasteiger partial charge is 0.465 e. The summed E-state index contributed by atoms with van der Waals surface area (Å²) in [5.41, 5.74) is 1.59. The lowest BCUT2D eigenvalue weighted by molar-refractivity contribution is -0.111. The molecular formula is C19H13Cl2NO2. The predicted molar refractivity (Wildman–Crippen MR) is 98.1 cm³/mol. The van der Waals surface area contributed by atoms with Gasteiger partial charge in [0.1, 0.15) is 5.76 Å². The molecule has 2 aromatic carbocycles. The van der Waals surface area contributed by atoms with Crippen molar-refractivity contribution in [1.82, 2.24) is 0 Å². The van der Waals surface area contributed by atoms with Crippen LogP contribution >= 0.6 is 23.2 Å². The molecule has 0 bridgehead atoms. The van der Waals surface area contributed by atoms with E-state index in [2.05, 4.69) is 5.32 Å². The maximum atomic E-state index is 12.8. The summed E-state index contributed by atoms with van der Waals surface area (Å²) in [5, 5.41) is 3.53. The molecule has 0 spiro atoms.